The second kappa shape index (κ2) is 8.60. The molecule has 2 aromatic rings. The quantitative estimate of drug-likeness (QED) is 0.590. The van der Waals surface area contributed by atoms with E-state index in [1.807, 2.05) is 0 Å². The van der Waals surface area contributed by atoms with E-state index in [-0.39, 0.29) is 12.4 Å². The molecule has 2 N–H and O–H groups in total. The SMILES string of the molecule is COc1cc(C(C)=NNC(=O)COc2ccc(Cl)cc2Cl)ccc1O. The number of methoxy groups -OCH3 is 1. The number of hydrogen-bond donors (Lipinski definition) is 2. The van der Waals surface area contributed by atoms with E-state index in [0.717, 1.165) is 0 Å². The summed E-state index contributed by atoms with van der Waals surface area (Å²) >= 11 is 11.8. The molecular weight excluding hydrogens is 367 g/mol. The van der Waals surface area contributed by atoms with Crippen LogP contribution in [0, 0.1) is 0 Å². The molecule has 0 atom stereocenters. The average Bonchev–Trinajstić information content (AvgIpc) is 2.59. The minimum absolute atomic E-state index is 0.0244. The Bertz CT molecular complexity index is 809. The van der Waals surface area contributed by atoms with Crippen LogP contribution >= 0.6 is 23.2 Å². The largest absolute Gasteiger partial charge is 0.504 e. The number of ether oxygens (including phenoxy) is 2. The minimum Gasteiger partial charge on any atom is -0.504 e. The van der Waals surface area contributed by atoms with Crippen LogP contribution in [0.25, 0.3) is 0 Å². The van der Waals surface area contributed by atoms with Gasteiger partial charge in [0, 0.05) is 10.6 Å². The Hall–Kier alpha value is -2.44. The maximum atomic E-state index is 11.8. The van der Waals surface area contributed by atoms with Gasteiger partial charge in [-0.05, 0) is 43.3 Å². The van der Waals surface area contributed by atoms with Gasteiger partial charge in [0.2, 0.25) is 0 Å². The molecule has 0 spiro atoms. The molecule has 0 aliphatic carbocycles. The molecule has 2 rings (SSSR count). The highest BCUT2D eigenvalue weighted by molar-refractivity contribution is 6.35. The van der Waals surface area contributed by atoms with Crippen molar-refractivity contribution in [3.63, 3.8) is 0 Å². The first-order chi connectivity index (χ1) is 11.9. The maximum Gasteiger partial charge on any atom is 0.277 e. The van der Waals surface area contributed by atoms with Crippen LogP contribution in [0.3, 0.4) is 0 Å². The predicted molar refractivity (Wildman–Crippen MR) is 97.0 cm³/mol. The van der Waals surface area contributed by atoms with Crippen LogP contribution in [0.1, 0.15) is 12.5 Å². The first-order valence-electron chi connectivity index (χ1n) is 7.19. The molecular formula is C17H16Cl2N2O4. The third-order valence-corrected chi connectivity index (χ3v) is 3.73. The zero-order chi connectivity index (χ0) is 18.4. The summed E-state index contributed by atoms with van der Waals surface area (Å²) in [7, 11) is 1.45. The number of carbonyl (C=O) groups excluding carboxylic acids is 1. The van der Waals surface area contributed by atoms with Gasteiger partial charge in [0.15, 0.2) is 18.1 Å². The van der Waals surface area contributed by atoms with Crippen LogP contribution in [0.15, 0.2) is 41.5 Å². The molecule has 0 fully saturated rings. The Morgan fingerprint density at radius 3 is 2.64 bits per heavy atom. The zero-order valence-electron chi connectivity index (χ0n) is 13.5. The molecule has 0 aromatic heterocycles. The lowest BCUT2D eigenvalue weighted by Crippen LogP contribution is -2.25. The average molecular weight is 383 g/mol. The van der Waals surface area contributed by atoms with Crippen molar-refractivity contribution in [1.82, 2.24) is 5.43 Å². The summed E-state index contributed by atoms with van der Waals surface area (Å²) in [5.74, 6) is 0.247. The normalized spacial score (nSPS) is 11.1. The van der Waals surface area contributed by atoms with Crippen LogP contribution in [-0.4, -0.2) is 30.4 Å². The van der Waals surface area contributed by atoms with Crippen molar-refractivity contribution in [3.05, 3.63) is 52.0 Å². The van der Waals surface area contributed by atoms with Gasteiger partial charge in [0.25, 0.3) is 5.91 Å². The number of phenols is 1. The monoisotopic (exact) mass is 382 g/mol. The van der Waals surface area contributed by atoms with E-state index in [0.29, 0.717) is 32.8 Å². The molecule has 8 heteroatoms. The van der Waals surface area contributed by atoms with E-state index in [9.17, 15) is 9.90 Å². The number of hydrazone groups is 1. The van der Waals surface area contributed by atoms with Gasteiger partial charge in [-0.25, -0.2) is 5.43 Å². The maximum absolute atomic E-state index is 11.8. The Morgan fingerprint density at radius 2 is 1.96 bits per heavy atom. The summed E-state index contributed by atoms with van der Waals surface area (Å²) < 4.78 is 10.4. The highest BCUT2D eigenvalue weighted by Crippen LogP contribution is 2.27. The molecule has 0 aliphatic rings. The summed E-state index contributed by atoms with van der Waals surface area (Å²) in [6.45, 7) is 1.46. The summed E-state index contributed by atoms with van der Waals surface area (Å²) in [5, 5.41) is 14.4. The molecule has 6 nitrogen and oxygen atoms in total. The van der Waals surface area contributed by atoms with Gasteiger partial charge >= 0.3 is 0 Å². The fraction of sp³-hybridized carbons (Fsp3) is 0.176. The third kappa shape index (κ3) is 5.27. The molecule has 0 radical (unpaired) electrons. The Morgan fingerprint density at radius 1 is 1.20 bits per heavy atom. The van der Waals surface area contributed by atoms with Crippen molar-refractivity contribution < 1.29 is 19.4 Å². The van der Waals surface area contributed by atoms with E-state index < -0.39 is 5.91 Å². The van der Waals surface area contributed by atoms with Gasteiger partial charge in [0.05, 0.1) is 17.8 Å². The van der Waals surface area contributed by atoms with E-state index >= 15 is 0 Å². The number of hydrogen-bond acceptors (Lipinski definition) is 5. The summed E-state index contributed by atoms with van der Waals surface area (Å²) in [4.78, 5) is 11.8. The second-order valence-electron chi connectivity index (χ2n) is 4.98. The van der Waals surface area contributed by atoms with Gasteiger partial charge in [-0.3, -0.25) is 4.79 Å². The van der Waals surface area contributed by atoms with Crippen molar-refractivity contribution >= 4 is 34.8 Å². The molecule has 1 amide bonds. The lowest BCUT2D eigenvalue weighted by atomic mass is 10.1. The minimum atomic E-state index is -0.448. The number of nitrogens with zero attached hydrogens (tertiary/aromatic N) is 1. The number of carbonyl (C=O) groups is 1. The van der Waals surface area contributed by atoms with E-state index in [1.165, 1.54) is 19.2 Å². The van der Waals surface area contributed by atoms with E-state index in [1.54, 1.807) is 31.2 Å². The molecule has 0 aliphatic heterocycles. The van der Waals surface area contributed by atoms with Crippen molar-refractivity contribution in [3.8, 4) is 17.2 Å². The fourth-order valence-corrected chi connectivity index (χ4v) is 2.34. The van der Waals surface area contributed by atoms with Crippen molar-refractivity contribution in [2.45, 2.75) is 6.92 Å². The molecule has 0 heterocycles. The van der Waals surface area contributed by atoms with Gasteiger partial charge < -0.3 is 14.6 Å². The summed E-state index contributed by atoms with van der Waals surface area (Å²) in [5.41, 5.74) is 3.62. The molecule has 0 bridgehead atoms. The van der Waals surface area contributed by atoms with Crippen molar-refractivity contribution in [2.75, 3.05) is 13.7 Å². The molecule has 0 unspecified atom stereocenters. The standard InChI is InChI=1S/C17H16Cl2N2O4/c1-10(11-3-5-14(22)16(7-11)24-2)20-21-17(23)9-25-15-6-4-12(18)8-13(15)19/h3-8,22H,9H2,1-2H3,(H,21,23). The van der Waals surface area contributed by atoms with Crippen LogP contribution in [-0.2, 0) is 4.79 Å². The number of amides is 1. The summed E-state index contributed by atoms with van der Waals surface area (Å²) in [6.07, 6.45) is 0. The highest BCUT2D eigenvalue weighted by Gasteiger charge is 2.08. The molecule has 2 aromatic carbocycles. The van der Waals surface area contributed by atoms with Crippen LogP contribution in [0.2, 0.25) is 10.0 Å². The molecule has 132 valence electrons. The zero-order valence-corrected chi connectivity index (χ0v) is 15.1. The predicted octanol–water partition coefficient (Wildman–Crippen LogP) is 3.63. The van der Waals surface area contributed by atoms with Gasteiger partial charge in [-0.2, -0.15) is 5.10 Å². The van der Waals surface area contributed by atoms with Crippen LogP contribution < -0.4 is 14.9 Å². The lowest BCUT2D eigenvalue weighted by Gasteiger charge is -2.08. The van der Waals surface area contributed by atoms with E-state index in [2.05, 4.69) is 10.5 Å². The number of rotatable bonds is 6. The second-order valence-corrected chi connectivity index (χ2v) is 5.83. The Balaban J connectivity index is 1.95. The highest BCUT2D eigenvalue weighted by atomic mass is 35.5. The number of benzene rings is 2. The van der Waals surface area contributed by atoms with Crippen LogP contribution in [0.4, 0.5) is 0 Å². The van der Waals surface area contributed by atoms with Gasteiger partial charge in [-0.1, -0.05) is 23.2 Å². The molecule has 0 saturated carbocycles. The third-order valence-electron chi connectivity index (χ3n) is 3.20. The Kier molecular flexibility index (Phi) is 6.50. The number of aromatic hydroxyl groups is 1. The van der Waals surface area contributed by atoms with Crippen molar-refractivity contribution in [2.24, 2.45) is 5.10 Å². The Labute approximate surface area is 155 Å². The number of phenolic OH excluding ortho intramolecular Hbond substituents is 1. The first kappa shape index (κ1) is 18.9. The summed E-state index contributed by atoms with van der Waals surface area (Å²) in [6, 6.07) is 9.48. The molecule has 0 saturated heterocycles. The number of halogens is 2. The smallest absolute Gasteiger partial charge is 0.277 e. The van der Waals surface area contributed by atoms with Gasteiger partial charge in [-0.15, -0.1) is 0 Å². The fourth-order valence-electron chi connectivity index (χ4n) is 1.88. The lowest BCUT2D eigenvalue weighted by molar-refractivity contribution is -0.123. The number of nitrogens with one attached hydrogen (secondary N) is 1. The van der Waals surface area contributed by atoms with Crippen LogP contribution in [0.5, 0.6) is 17.2 Å². The topological polar surface area (TPSA) is 80.2 Å². The van der Waals surface area contributed by atoms with Gasteiger partial charge in [0.1, 0.15) is 5.75 Å². The van der Waals surface area contributed by atoms with Crippen molar-refractivity contribution in [1.29, 1.82) is 0 Å². The molecule has 25 heavy (non-hydrogen) atoms. The van der Waals surface area contributed by atoms with E-state index in [4.69, 9.17) is 32.7 Å². The first-order valence-corrected chi connectivity index (χ1v) is 7.94.